The first-order chi connectivity index (χ1) is 19.2. The third kappa shape index (κ3) is 4.98. The molecule has 6 rings (SSSR count). The average molecular weight is 568 g/mol. The van der Waals surface area contributed by atoms with Crippen molar-refractivity contribution in [1.82, 2.24) is 9.78 Å². The maximum Gasteiger partial charge on any atom is 0.586 e. The molecule has 0 bridgehead atoms. The van der Waals surface area contributed by atoms with Crippen molar-refractivity contribution in [3.05, 3.63) is 69.6 Å². The lowest BCUT2D eigenvalue weighted by Crippen LogP contribution is -2.41. The van der Waals surface area contributed by atoms with E-state index >= 15 is 0 Å². The van der Waals surface area contributed by atoms with Crippen molar-refractivity contribution >= 4 is 17.6 Å². The van der Waals surface area contributed by atoms with E-state index in [1.165, 1.54) is 16.8 Å². The Morgan fingerprint density at radius 2 is 1.71 bits per heavy atom. The summed E-state index contributed by atoms with van der Waals surface area (Å²) in [4.78, 5) is 39.6. The van der Waals surface area contributed by atoms with Crippen LogP contribution in [0.5, 0.6) is 17.2 Å². The Morgan fingerprint density at radius 1 is 1.05 bits per heavy atom. The fourth-order valence-electron chi connectivity index (χ4n) is 4.71. The highest BCUT2D eigenvalue weighted by Crippen LogP contribution is 2.50. The lowest BCUT2D eigenvalue weighted by molar-refractivity contribution is -0.286. The van der Waals surface area contributed by atoms with Gasteiger partial charge in [0.1, 0.15) is 29.1 Å². The number of fused-ring (bicyclic) bond motifs is 2. The molecule has 12 heteroatoms. The van der Waals surface area contributed by atoms with Gasteiger partial charge in [-0.2, -0.15) is 9.78 Å². The summed E-state index contributed by atoms with van der Waals surface area (Å²) in [6, 6.07) is 10.4. The average Bonchev–Trinajstić information content (AvgIpc) is 3.62. The topological polar surface area (TPSA) is 118 Å². The summed E-state index contributed by atoms with van der Waals surface area (Å²) in [5, 5.41) is 7.24. The number of nitrogens with zero attached hydrogens (tertiary/aromatic N) is 2. The molecule has 1 N–H and O–H groups in total. The molecule has 41 heavy (non-hydrogen) atoms. The maximum atomic E-state index is 13.6. The Balaban J connectivity index is 1.30. The van der Waals surface area contributed by atoms with Crippen LogP contribution in [0.25, 0.3) is 5.69 Å². The van der Waals surface area contributed by atoms with E-state index in [1.54, 1.807) is 58.0 Å². The van der Waals surface area contributed by atoms with Crippen LogP contribution in [0.4, 0.5) is 14.5 Å². The van der Waals surface area contributed by atoms with Crippen LogP contribution in [-0.2, 0) is 14.9 Å². The number of hydrogen-bond donors (Lipinski definition) is 1. The molecule has 2 aromatic carbocycles. The predicted octanol–water partition coefficient (Wildman–Crippen LogP) is 4.68. The minimum absolute atomic E-state index is 0.00469. The van der Waals surface area contributed by atoms with Gasteiger partial charge in [0, 0.05) is 17.5 Å². The fraction of sp³-hybridized carbons (Fsp3) is 0.379. The van der Waals surface area contributed by atoms with Gasteiger partial charge in [-0.1, -0.05) is 0 Å². The van der Waals surface area contributed by atoms with Gasteiger partial charge in [0.15, 0.2) is 11.5 Å². The largest absolute Gasteiger partial charge is 0.586 e. The van der Waals surface area contributed by atoms with E-state index in [1.807, 2.05) is 0 Å². The van der Waals surface area contributed by atoms with Gasteiger partial charge >= 0.3 is 12.3 Å². The zero-order chi connectivity index (χ0) is 29.3. The third-order valence-electron chi connectivity index (χ3n) is 7.04. The van der Waals surface area contributed by atoms with Gasteiger partial charge in [-0.3, -0.25) is 9.59 Å². The van der Waals surface area contributed by atoms with Crippen molar-refractivity contribution < 1.29 is 37.3 Å². The van der Waals surface area contributed by atoms with E-state index in [0.717, 1.165) is 12.8 Å². The van der Waals surface area contributed by atoms with Crippen LogP contribution in [0.3, 0.4) is 0 Å². The number of ether oxygens (including phenoxy) is 4. The number of amides is 1. The van der Waals surface area contributed by atoms with Gasteiger partial charge in [-0.15, -0.1) is 8.78 Å². The Labute approximate surface area is 233 Å². The Kier molecular flexibility index (Phi) is 5.88. The molecule has 1 fully saturated rings. The smallest absolute Gasteiger partial charge is 0.492 e. The molecular formula is C29H27F2N3O7. The number of carbonyl (C=O) groups excluding carboxylic acids is 2. The number of rotatable bonds is 5. The Morgan fingerprint density at radius 3 is 2.34 bits per heavy atom. The zero-order valence-electron chi connectivity index (χ0n) is 22.7. The van der Waals surface area contributed by atoms with Crippen LogP contribution in [-0.4, -0.2) is 40.2 Å². The van der Waals surface area contributed by atoms with Gasteiger partial charge in [0.05, 0.1) is 16.9 Å². The van der Waals surface area contributed by atoms with Crippen LogP contribution in [0.2, 0.25) is 0 Å². The van der Waals surface area contributed by atoms with Gasteiger partial charge in [0.25, 0.3) is 5.56 Å². The van der Waals surface area contributed by atoms with E-state index in [4.69, 9.17) is 9.47 Å². The summed E-state index contributed by atoms with van der Waals surface area (Å²) in [6.07, 6.45) is -2.03. The van der Waals surface area contributed by atoms with E-state index in [-0.39, 0.29) is 35.5 Å². The van der Waals surface area contributed by atoms with Crippen molar-refractivity contribution in [1.29, 1.82) is 0 Å². The molecule has 1 saturated carbocycles. The number of benzene rings is 2. The molecule has 0 spiro atoms. The molecule has 1 amide bonds. The number of alkyl halides is 2. The molecule has 1 atom stereocenters. The van der Waals surface area contributed by atoms with E-state index in [0.29, 0.717) is 22.5 Å². The van der Waals surface area contributed by atoms with E-state index in [9.17, 15) is 23.2 Å². The SMILES string of the molecule is CC(C)(C)OC(=O)c1ccc(-n2nc(C3CC3)cc(NC(=O)C3(C)COc4cc5c(cc43)OC(F)(F)O5)c2=O)cc1. The molecule has 214 valence electrons. The highest BCUT2D eigenvalue weighted by Gasteiger charge is 2.49. The third-order valence-corrected chi connectivity index (χ3v) is 7.04. The van der Waals surface area contributed by atoms with Crippen molar-refractivity contribution in [3.63, 3.8) is 0 Å². The number of nitrogens with one attached hydrogen (secondary N) is 1. The van der Waals surface area contributed by atoms with E-state index < -0.39 is 34.7 Å². The van der Waals surface area contributed by atoms with Crippen LogP contribution >= 0.6 is 0 Å². The second-order valence-corrected chi connectivity index (χ2v) is 11.6. The van der Waals surface area contributed by atoms with Crippen LogP contribution in [0.1, 0.15) is 68.1 Å². The van der Waals surface area contributed by atoms with Crippen molar-refractivity contribution in [2.45, 2.75) is 63.8 Å². The monoisotopic (exact) mass is 567 g/mol. The van der Waals surface area contributed by atoms with Crippen molar-refractivity contribution in [3.8, 4) is 22.9 Å². The van der Waals surface area contributed by atoms with Crippen LogP contribution in [0, 0.1) is 0 Å². The quantitative estimate of drug-likeness (QED) is 0.442. The summed E-state index contributed by atoms with van der Waals surface area (Å²) >= 11 is 0. The summed E-state index contributed by atoms with van der Waals surface area (Å²) in [7, 11) is 0. The number of carbonyl (C=O) groups is 2. The predicted molar refractivity (Wildman–Crippen MR) is 141 cm³/mol. The first-order valence-corrected chi connectivity index (χ1v) is 13.1. The first kappa shape index (κ1) is 26.7. The number of halogens is 2. The molecule has 3 heterocycles. The standard InChI is InChI=1S/C29H27F2N3O7/c1-27(2,3)41-25(36)16-7-9-17(10-8-16)34-24(35)20(12-19(33-34)15-5-6-15)32-26(37)28(4)14-38-21-13-23-22(11-18(21)28)39-29(30,31)40-23/h7-13,15H,5-6,14H2,1-4H3,(H,32,37). The molecule has 0 saturated heterocycles. The molecule has 1 aliphatic carbocycles. The molecule has 10 nitrogen and oxygen atoms in total. The second-order valence-electron chi connectivity index (χ2n) is 11.6. The summed E-state index contributed by atoms with van der Waals surface area (Å²) in [5.41, 5.74) is -0.885. The molecule has 2 aliphatic heterocycles. The Hall–Kier alpha value is -4.48. The molecule has 3 aromatic rings. The minimum atomic E-state index is -3.82. The van der Waals surface area contributed by atoms with Gasteiger partial charge < -0.3 is 24.3 Å². The lowest BCUT2D eigenvalue weighted by atomic mass is 9.83. The number of anilines is 1. The highest BCUT2D eigenvalue weighted by atomic mass is 19.3. The molecular weight excluding hydrogens is 540 g/mol. The van der Waals surface area contributed by atoms with Crippen molar-refractivity contribution in [2.24, 2.45) is 0 Å². The Bertz CT molecular complexity index is 1640. The fourth-order valence-corrected chi connectivity index (χ4v) is 4.71. The minimum Gasteiger partial charge on any atom is -0.492 e. The number of hydrogen-bond acceptors (Lipinski definition) is 8. The lowest BCUT2D eigenvalue weighted by Gasteiger charge is -2.22. The highest BCUT2D eigenvalue weighted by molar-refractivity contribution is 6.00. The molecule has 3 aliphatic rings. The maximum absolute atomic E-state index is 13.6. The molecule has 0 radical (unpaired) electrons. The summed E-state index contributed by atoms with van der Waals surface area (Å²) in [5.74, 6) is -1.12. The second kappa shape index (κ2) is 9.02. The summed E-state index contributed by atoms with van der Waals surface area (Å²) < 4.78 is 48.4. The van der Waals surface area contributed by atoms with Gasteiger partial charge in [-0.05, 0) is 76.9 Å². The van der Waals surface area contributed by atoms with Gasteiger partial charge in [-0.25, -0.2) is 4.79 Å². The van der Waals surface area contributed by atoms with Crippen molar-refractivity contribution in [2.75, 3.05) is 11.9 Å². The molecule has 1 unspecified atom stereocenters. The number of esters is 1. The van der Waals surface area contributed by atoms with Crippen LogP contribution < -0.4 is 25.1 Å². The van der Waals surface area contributed by atoms with E-state index in [2.05, 4.69) is 19.9 Å². The first-order valence-electron chi connectivity index (χ1n) is 13.1. The number of aromatic nitrogens is 2. The van der Waals surface area contributed by atoms with Crippen LogP contribution in [0.15, 0.2) is 47.3 Å². The molecule has 1 aromatic heterocycles. The zero-order valence-corrected chi connectivity index (χ0v) is 22.7. The van der Waals surface area contributed by atoms with Gasteiger partial charge in [0.2, 0.25) is 5.91 Å². The normalized spacial score (nSPS) is 20.2. The summed E-state index contributed by atoms with van der Waals surface area (Å²) in [6.45, 7) is 6.81.